The maximum Gasteiger partial charge on any atom is 0.263 e. The average molecular weight is 551 g/mol. The monoisotopic (exact) mass is 549 g/mol. The van der Waals surface area contributed by atoms with Gasteiger partial charge in [-0.3, -0.25) is 4.79 Å². The van der Waals surface area contributed by atoms with Crippen molar-refractivity contribution in [2.45, 2.75) is 33.2 Å². The molecule has 1 amide bonds. The molecule has 2 aromatic carbocycles. The maximum atomic E-state index is 13.6. The van der Waals surface area contributed by atoms with E-state index in [-0.39, 0.29) is 31.3 Å². The van der Waals surface area contributed by atoms with Crippen LogP contribution in [0.1, 0.15) is 42.6 Å². The van der Waals surface area contributed by atoms with Crippen molar-refractivity contribution in [2.24, 2.45) is 10.9 Å². The number of aliphatic imine (C=N–C) groups is 1. The fraction of sp³-hybridized carbons (Fsp3) is 0.333. The van der Waals surface area contributed by atoms with Crippen molar-refractivity contribution in [1.29, 1.82) is 0 Å². The van der Waals surface area contributed by atoms with E-state index < -0.39 is 10.0 Å². The van der Waals surface area contributed by atoms with E-state index in [9.17, 15) is 13.2 Å². The van der Waals surface area contributed by atoms with E-state index in [0.717, 1.165) is 5.56 Å². The van der Waals surface area contributed by atoms with Gasteiger partial charge in [0.15, 0.2) is 0 Å². The molecule has 4 rings (SSSR count). The molecular weight excluding hydrogens is 526 g/mol. The summed E-state index contributed by atoms with van der Waals surface area (Å²) in [6.45, 7) is 4.77. The molecule has 0 bridgehead atoms. The third kappa shape index (κ3) is 5.03. The standard InChI is InChI=1S/C24H25BrClN3O3S/c1-16(2)12-23-27-21-15-28(24(30)18-8-9-19(25)20(26)13-18)11-10-22(21)33(31,32)29(23)14-17-6-4-3-5-7-17/h3-9,13,16H,10-12,14-15H2,1-2H3. The first-order chi connectivity index (χ1) is 15.7. The van der Waals surface area contributed by atoms with E-state index in [1.807, 2.05) is 44.2 Å². The minimum Gasteiger partial charge on any atom is -0.332 e. The molecule has 0 saturated heterocycles. The Morgan fingerprint density at radius 3 is 2.58 bits per heavy atom. The van der Waals surface area contributed by atoms with Gasteiger partial charge in [-0.15, -0.1) is 0 Å². The fourth-order valence-corrected chi connectivity index (χ4v) is 6.17. The first-order valence-corrected chi connectivity index (χ1v) is 13.4. The van der Waals surface area contributed by atoms with Gasteiger partial charge in [0, 0.05) is 29.4 Å². The molecule has 0 radical (unpaired) electrons. The second-order valence-corrected chi connectivity index (χ2v) is 11.7. The Bertz CT molecular complexity index is 1240. The molecule has 0 aliphatic carbocycles. The summed E-state index contributed by atoms with van der Waals surface area (Å²) in [4.78, 5) is 19.8. The van der Waals surface area contributed by atoms with Gasteiger partial charge in [-0.1, -0.05) is 55.8 Å². The Balaban J connectivity index is 1.65. The van der Waals surface area contributed by atoms with E-state index in [1.54, 1.807) is 23.1 Å². The lowest BCUT2D eigenvalue weighted by Crippen LogP contribution is -2.45. The zero-order chi connectivity index (χ0) is 23.8. The zero-order valence-electron chi connectivity index (χ0n) is 18.5. The molecule has 0 unspecified atom stereocenters. The summed E-state index contributed by atoms with van der Waals surface area (Å²) in [5, 5.41) is 0.451. The molecule has 2 aromatic rings. The van der Waals surface area contributed by atoms with E-state index in [2.05, 4.69) is 15.9 Å². The molecule has 0 saturated carbocycles. The number of sulfonamides is 1. The second-order valence-electron chi connectivity index (χ2n) is 8.60. The Hall–Kier alpha value is -2.16. The molecule has 174 valence electrons. The van der Waals surface area contributed by atoms with E-state index >= 15 is 0 Å². The molecule has 9 heteroatoms. The highest BCUT2D eigenvalue weighted by molar-refractivity contribution is 9.10. The number of benzene rings is 2. The van der Waals surface area contributed by atoms with Crippen LogP contribution in [0.25, 0.3) is 0 Å². The van der Waals surface area contributed by atoms with Crippen molar-refractivity contribution in [1.82, 2.24) is 9.21 Å². The van der Waals surface area contributed by atoms with Gasteiger partial charge in [-0.2, -0.15) is 0 Å². The predicted molar refractivity (Wildman–Crippen MR) is 134 cm³/mol. The SMILES string of the molecule is CC(C)CC1=NC2=C(CCN(C(=O)c3ccc(Br)c(Cl)c3)C2)S(=O)(=O)N1Cc1ccccc1. The van der Waals surface area contributed by atoms with Gasteiger partial charge in [0.1, 0.15) is 5.84 Å². The van der Waals surface area contributed by atoms with Crippen LogP contribution in [0.15, 0.2) is 68.6 Å². The third-order valence-corrected chi connectivity index (χ3v) is 8.85. The number of amidine groups is 1. The van der Waals surface area contributed by atoms with Gasteiger partial charge in [-0.05, 0) is 45.6 Å². The van der Waals surface area contributed by atoms with Crippen LogP contribution in [0.5, 0.6) is 0 Å². The van der Waals surface area contributed by atoms with Gasteiger partial charge in [0.05, 0.1) is 28.7 Å². The molecule has 0 atom stereocenters. The highest BCUT2D eigenvalue weighted by Gasteiger charge is 2.39. The van der Waals surface area contributed by atoms with Crippen molar-refractivity contribution >= 4 is 49.3 Å². The lowest BCUT2D eigenvalue weighted by molar-refractivity contribution is 0.0764. The number of carbonyl (C=O) groups is 1. The number of nitrogens with zero attached hydrogens (tertiary/aromatic N) is 3. The predicted octanol–water partition coefficient (Wildman–Crippen LogP) is 5.45. The molecule has 6 nitrogen and oxygen atoms in total. The molecule has 2 heterocycles. The Kier molecular flexibility index (Phi) is 6.98. The van der Waals surface area contributed by atoms with Gasteiger partial charge in [0.25, 0.3) is 15.9 Å². The van der Waals surface area contributed by atoms with Gasteiger partial charge in [0.2, 0.25) is 0 Å². The van der Waals surface area contributed by atoms with Crippen LogP contribution in [0, 0.1) is 5.92 Å². The van der Waals surface area contributed by atoms with Gasteiger partial charge in [-0.25, -0.2) is 17.7 Å². The Morgan fingerprint density at radius 2 is 1.91 bits per heavy atom. The first kappa shape index (κ1) is 24.0. The molecule has 33 heavy (non-hydrogen) atoms. The van der Waals surface area contributed by atoms with Crippen molar-refractivity contribution < 1.29 is 13.2 Å². The molecule has 2 aliphatic heterocycles. The van der Waals surface area contributed by atoms with Crippen LogP contribution in [0.3, 0.4) is 0 Å². The summed E-state index contributed by atoms with van der Waals surface area (Å²) in [5.74, 6) is 0.555. The number of carbonyl (C=O) groups excluding carboxylic acids is 1. The summed E-state index contributed by atoms with van der Waals surface area (Å²) < 4.78 is 29.4. The highest BCUT2D eigenvalue weighted by Crippen LogP contribution is 2.34. The summed E-state index contributed by atoms with van der Waals surface area (Å²) in [5.41, 5.74) is 1.82. The third-order valence-electron chi connectivity index (χ3n) is 5.64. The van der Waals surface area contributed by atoms with Crippen LogP contribution in [-0.2, 0) is 16.6 Å². The summed E-state index contributed by atoms with van der Waals surface area (Å²) >= 11 is 9.50. The largest absolute Gasteiger partial charge is 0.332 e. The summed E-state index contributed by atoms with van der Waals surface area (Å²) in [6.07, 6.45) is 0.760. The quantitative estimate of drug-likeness (QED) is 0.497. The Morgan fingerprint density at radius 1 is 1.18 bits per heavy atom. The average Bonchev–Trinajstić information content (AvgIpc) is 2.78. The second kappa shape index (κ2) is 9.60. The number of rotatable bonds is 5. The van der Waals surface area contributed by atoms with Crippen molar-refractivity contribution in [3.8, 4) is 0 Å². The molecule has 0 spiro atoms. The van der Waals surface area contributed by atoms with Crippen molar-refractivity contribution in [3.05, 3.63) is 79.8 Å². The number of amides is 1. The van der Waals surface area contributed by atoms with Gasteiger partial charge >= 0.3 is 0 Å². The molecule has 0 aromatic heterocycles. The summed E-state index contributed by atoms with van der Waals surface area (Å²) in [6, 6.07) is 14.6. The fourth-order valence-electron chi connectivity index (χ4n) is 4.01. The van der Waals surface area contributed by atoms with Crippen LogP contribution in [0.2, 0.25) is 5.02 Å². The maximum absolute atomic E-state index is 13.6. The number of hydrogen-bond donors (Lipinski definition) is 0. The minimum absolute atomic E-state index is 0.155. The zero-order valence-corrected chi connectivity index (χ0v) is 21.6. The van der Waals surface area contributed by atoms with E-state index in [1.165, 1.54) is 4.31 Å². The lowest BCUT2D eigenvalue weighted by Gasteiger charge is -2.37. The molecule has 2 aliphatic rings. The normalized spacial score (nSPS) is 17.8. The highest BCUT2D eigenvalue weighted by atomic mass is 79.9. The van der Waals surface area contributed by atoms with Crippen molar-refractivity contribution in [3.63, 3.8) is 0 Å². The lowest BCUT2D eigenvalue weighted by atomic mass is 10.1. The molecule has 0 fully saturated rings. The summed E-state index contributed by atoms with van der Waals surface area (Å²) in [7, 11) is -3.73. The minimum atomic E-state index is -3.73. The van der Waals surface area contributed by atoms with E-state index in [0.29, 0.717) is 44.5 Å². The number of halogens is 2. The van der Waals surface area contributed by atoms with Crippen LogP contribution in [-0.4, -0.2) is 42.5 Å². The Labute approximate surface area is 208 Å². The van der Waals surface area contributed by atoms with Crippen molar-refractivity contribution in [2.75, 3.05) is 13.1 Å². The molecule has 0 N–H and O–H groups in total. The van der Waals surface area contributed by atoms with Crippen LogP contribution < -0.4 is 0 Å². The topological polar surface area (TPSA) is 70.0 Å². The van der Waals surface area contributed by atoms with Crippen LogP contribution >= 0.6 is 27.5 Å². The first-order valence-electron chi connectivity index (χ1n) is 10.8. The van der Waals surface area contributed by atoms with Crippen LogP contribution in [0.4, 0.5) is 0 Å². The van der Waals surface area contributed by atoms with Gasteiger partial charge < -0.3 is 4.90 Å². The van der Waals surface area contributed by atoms with E-state index in [4.69, 9.17) is 16.6 Å². The smallest absolute Gasteiger partial charge is 0.263 e. The number of hydrogen-bond acceptors (Lipinski definition) is 4. The molecular formula is C24H25BrClN3O3S.